The average Bonchev–Trinajstić information content (AvgIpc) is 2.47. The van der Waals surface area contributed by atoms with E-state index < -0.39 is 11.8 Å². The molecule has 0 aliphatic carbocycles. The molecule has 0 aliphatic rings. The molecule has 2 N–H and O–H groups in total. The van der Waals surface area contributed by atoms with E-state index in [1.807, 2.05) is 38.1 Å². The fraction of sp³-hybridized carbons (Fsp3) is 0.176. The van der Waals surface area contributed by atoms with E-state index in [0.29, 0.717) is 11.4 Å². The highest BCUT2D eigenvalue weighted by Gasteiger charge is 2.16. The zero-order valence-electron chi connectivity index (χ0n) is 12.4. The molecule has 0 spiro atoms. The largest absolute Gasteiger partial charge is 0.318 e. The first-order valence-electron chi connectivity index (χ1n) is 6.94. The van der Waals surface area contributed by atoms with E-state index in [-0.39, 0.29) is 5.92 Å². The quantitative estimate of drug-likeness (QED) is 0.807. The number of rotatable bonds is 3. The Hall–Kier alpha value is -2.14. The summed E-state index contributed by atoms with van der Waals surface area (Å²) < 4.78 is 0.830. The molecule has 5 heteroatoms. The minimum atomic E-state index is -0.698. The van der Waals surface area contributed by atoms with Gasteiger partial charge < -0.3 is 10.6 Å². The maximum atomic E-state index is 12.0. The molecule has 2 rings (SSSR count). The lowest BCUT2D eigenvalue weighted by atomic mass is 10.0. The van der Waals surface area contributed by atoms with Crippen molar-refractivity contribution in [1.29, 1.82) is 0 Å². The first kappa shape index (κ1) is 16.2. The molecule has 4 nitrogen and oxygen atoms in total. The maximum absolute atomic E-state index is 12.0. The summed E-state index contributed by atoms with van der Waals surface area (Å²) in [4.78, 5) is 24.0. The predicted molar refractivity (Wildman–Crippen MR) is 91.9 cm³/mol. The lowest BCUT2D eigenvalue weighted by Gasteiger charge is -2.13. The number of hydrogen-bond donors (Lipinski definition) is 2. The number of carbonyl (C=O) groups is 2. The summed E-state index contributed by atoms with van der Waals surface area (Å²) >= 11 is 3.32. The Morgan fingerprint density at radius 3 is 2.32 bits per heavy atom. The van der Waals surface area contributed by atoms with Crippen LogP contribution in [0.4, 0.5) is 11.4 Å². The standard InChI is InChI=1S/C17H17BrN2O2/c1-11(2)14-8-3-4-9-15(14)20-17(22)16(21)19-13-7-5-6-12(18)10-13/h3-11H,1-2H3,(H,19,21)(H,20,22). The Morgan fingerprint density at radius 1 is 0.955 bits per heavy atom. The highest BCUT2D eigenvalue weighted by atomic mass is 79.9. The second kappa shape index (κ2) is 7.22. The normalized spacial score (nSPS) is 10.4. The Kier molecular flexibility index (Phi) is 5.33. The van der Waals surface area contributed by atoms with E-state index in [4.69, 9.17) is 0 Å². The van der Waals surface area contributed by atoms with Gasteiger partial charge in [0.1, 0.15) is 0 Å². The van der Waals surface area contributed by atoms with Crippen LogP contribution in [0.5, 0.6) is 0 Å². The molecule has 0 atom stereocenters. The molecule has 2 amide bonds. The van der Waals surface area contributed by atoms with E-state index in [0.717, 1.165) is 10.0 Å². The fourth-order valence-corrected chi connectivity index (χ4v) is 2.45. The molecule has 2 aromatic rings. The van der Waals surface area contributed by atoms with Gasteiger partial charge in [-0.2, -0.15) is 0 Å². The second-order valence-electron chi connectivity index (χ2n) is 5.16. The molecule has 0 bridgehead atoms. The molecule has 0 saturated heterocycles. The topological polar surface area (TPSA) is 58.2 Å². The molecule has 0 fully saturated rings. The van der Waals surface area contributed by atoms with Gasteiger partial charge in [-0.25, -0.2) is 0 Å². The van der Waals surface area contributed by atoms with Crippen LogP contribution in [0.1, 0.15) is 25.3 Å². The van der Waals surface area contributed by atoms with Crippen LogP contribution in [-0.4, -0.2) is 11.8 Å². The van der Waals surface area contributed by atoms with Gasteiger partial charge in [-0.05, 0) is 35.7 Å². The number of halogens is 1. The SMILES string of the molecule is CC(C)c1ccccc1NC(=O)C(=O)Nc1cccc(Br)c1. The lowest BCUT2D eigenvalue weighted by Crippen LogP contribution is -2.29. The van der Waals surface area contributed by atoms with Gasteiger partial charge in [0.05, 0.1) is 0 Å². The highest BCUT2D eigenvalue weighted by Crippen LogP contribution is 2.23. The van der Waals surface area contributed by atoms with Gasteiger partial charge in [-0.1, -0.05) is 54.0 Å². The molecule has 0 aromatic heterocycles. The zero-order valence-corrected chi connectivity index (χ0v) is 14.0. The summed E-state index contributed by atoms with van der Waals surface area (Å²) in [6, 6.07) is 14.5. The van der Waals surface area contributed by atoms with Gasteiger partial charge in [-0.3, -0.25) is 9.59 Å². The van der Waals surface area contributed by atoms with E-state index in [2.05, 4.69) is 26.6 Å². The molecule has 0 unspecified atom stereocenters. The van der Waals surface area contributed by atoms with Crippen LogP contribution in [0.3, 0.4) is 0 Å². The average molecular weight is 361 g/mol. The fourth-order valence-electron chi connectivity index (χ4n) is 2.05. The van der Waals surface area contributed by atoms with Crippen LogP contribution < -0.4 is 10.6 Å². The zero-order chi connectivity index (χ0) is 16.1. The van der Waals surface area contributed by atoms with Crippen LogP contribution in [0, 0.1) is 0 Å². The van der Waals surface area contributed by atoms with Crippen molar-refractivity contribution >= 4 is 39.1 Å². The number of para-hydroxylation sites is 1. The Morgan fingerprint density at radius 2 is 1.64 bits per heavy atom. The van der Waals surface area contributed by atoms with Crippen molar-refractivity contribution in [3.05, 3.63) is 58.6 Å². The summed E-state index contributed by atoms with van der Waals surface area (Å²) in [5.41, 5.74) is 2.21. The van der Waals surface area contributed by atoms with Crippen LogP contribution in [-0.2, 0) is 9.59 Å². The first-order chi connectivity index (χ1) is 10.5. The van der Waals surface area contributed by atoms with Gasteiger partial charge in [0.25, 0.3) is 0 Å². The van der Waals surface area contributed by atoms with E-state index in [1.54, 1.807) is 24.3 Å². The van der Waals surface area contributed by atoms with Gasteiger partial charge >= 0.3 is 11.8 Å². The van der Waals surface area contributed by atoms with Crippen LogP contribution in [0.2, 0.25) is 0 Å². The molecular weight excluding hydrogens is 344 g/mol. The third-order valence-corrected chi connectivity index (χ3v) is 3.61. The van der Waals surface area contributed by atoms with Gasteiger partial charge in [0, 0.05) is 15.8 Å². The van der Waals surface area contributed by atoms with Crippen LogP contribution in [0.15, 0.2) is 53.0 Å². The van der Waals surface area contributed by atoms with Crippen molar-refractivity contribution in [3.63, 3.8) is 0 Å². The highest BCUT2D eigenvalue weighted by molar-refractivity contribution is 9.10. The minimum absolute atomic E-state index is 0.254. The molecule has 0 saturated carbocycles. The van der Waals surface area contributed by atoms with Crippen molar-refractivity contribution in [2.45, 2.75) is 19.8 Å². The second-order valence-corrected chi connectivity index (χ2v) is 6.08. The smallest absolute Gasteiger partial charge is 0.314 e. The number of anilines is 2. The summed E-state index contributed by atoms with van der Waals surface area (Å²) in [5, 5.41) is 5.23. The minimum Gasteiger partial charge on any atom is -0.318 e. The summed E-state index contributed by atoms with van der Waals surface area (Å²) in [6.07, 6.45) is 0. The van der Waals surface area contributed by atoms with Crippen molar-refractivity contribution < 1.29 is 9.59 Å². The molecular formula is C17H17BrN2O2. The summed E-state index contributed by atoms with van der Waals surface area (Å²) in [7, 11) is 0. The Bertz CT molecular complexity index is 699. The molecule has 0 heterocycles. The van der Waals surface area contributed by atoms with E-state index >= 15 is 0 Å². The van der Waals surface area contributed by atoms with E-state index in [9.17, 15) is 9.59 Å². The number of nitrogens with one attached hydrogen (secondary N) is 2. The molecule has 0 aliphatic heterocycles. The molecule has 114 valence electrons. The van der Waals surface area contributed by atoms with Crippen molar-refractivity contribution in [2.75, 3.05) is 10.6 Å². The third-order valence-electron chi connectivity index (χ3n) is 3.12. The number of amides is 2. The maximum Gasteiger partial charge on any atom is 0.314 e. The van der Waals surface area contributed by atoms with Crippen LogP contribution >= 0.6 is 15.9 Å². The van der Waals surface area contributed by atoms with Crippen molar-refractivity contribution in [3.8, 4) is 0 Å². The van der Waals surface area contributed by atoms with Crippen molar-refractivity contribution in [2.24, 2.45) is 0 Å². The summed E-state index contributed by atoms with van der Waals surface area (Å²) in [5.74, 6) is -1.13. The molecule has 2 aromatic carbocycles. The third kappa shape index (κ3) is 4.18. The Balaban J connectivity index is 2.08. The van der Waals surface area contributed by atoms with E-state index in [1.165, 1.54) is 0 Å². The predicted octanol–water partition coefficient (Wildman–Crippen LogP) is 4.15. The summed E-state index contributed by atoms with van der Waals surface area (Å²) in [6.45, 7) is 4.07. The number of benzene rings is 2. The Labute approximate surface area is 138 Å². The molecule has 22 heavy (non-hydrogen) atoms. The number of carbonyl (C=O) groups excluding carboxylic acids is 2. The van der Waals surface area contributed by atoms with Crippen molar-refractivity contribution in [1.82, 2.24) is 0 Å². The first-order valence-corrected chi connectivity index (χ1v) is 7.73. The lowest BCUT2D eigenvalue weighted by molar-refractivity contribution is -0.133. The number of hydrogen-bond acceptors (Lipinski definition) is 2. The van der Waals surface area contributed by atoms with Crippen LogP contribution in [0.25, 0.3) is 0 Å². The van der Waals surface area contributed by atoms with Gasteiger partial charge in [-0.15, -0.1) is 0 Å². The van der Waals surface area contributed by atoms with Gasteiger partial charge in [0.15, 0.2) is 0 Å². The molecule has 0 radical (unpaired) electrons. The van der Waals surface area contributed by atoms with Gasteiger partial charge in [0.2, 0.25) is 0 Å². The monoisotopic (exact) mass is 360 g/mol.